The summed E-state index contributed by atoms with van der Waals surface area (Å²) >= 11 is 4.11. The maximum absolute atomic E-state index is 13.3. The summed E-state index contributed by atoms with van der Waals surface area (Å²) in [6.45, 7) is -0.400. The summed E-state index contributed by atoms with van der Waals surface area (Å²) in [5.74, 6) is -1.31. The monoisotopic (exact) mass is 585 g/mol. The standard InChI is InChI=1S/C25H17BrFN3O6S/c26-20-10-15(7-8-21(20)36-14-16-3-1-6-19(9-16)30(34)35)11-22-24(32)29(25(33)37-22)13-23(31)28-18-5-2-4-17(27)12-18/h1-12H,13-14H2,(H,28,31)/b22-11+. The number of ether oxygens (including phenoxy) is 1. The Bertz CT molecular complexity index is 1450. The third-order valence-corrected chi connectivity index (χ3v) is 6.58. The number of non-ortho nitro benzene ring substituents is 1. The topological polar surface area (TPSA) is 119 Å². The van der Waals surface area contributed by atoms with Gasteiger partial charge in [0.05, 0.1) is 14.3 Å². The SMILES string of the molecule is O=C(CN1C(=O)S/C(=C/c2ccc(OCc3cccc([N+](=O)[O-])c3)c(Br)c2)C1=O)Nc1cccc(F)c1. The average Bonchev–Trinajstić information content (AvgIpc) is 3.11. The van der Waals surface area contributed by atoms with Crippen LogP contribution in [0.2, 0.25) is 0 Å². The highest BCUT2D eigenvalue weighted by molar-refractivity contribution is 9.10. The van der Waals surface area contributed by atoms with E-state index in [1.807, 2.05) is 0 Å². The zero-order valence-electron chi connectivity index (χ0n) is 18.9. The smallest absolute Gasteiger partial charge is 0.294 e. The van der Waals surface area contributed by atoms with E-state index in [4.69, 9.17) is 4.74 Å². The average molecular weight is 586 g/mol. The Kier molecular flexibility index (Phi) is 7.99. The van der Waals surface area contributed by atoms with Gasteiger partial charge in [0, 0.05) is 17.8 Å². The number of anilines is 1. The van der Waals surface area contributed by atoms with Crippen LogP contribution in [0, 0.1) is 15.9 Å². The number of nitro groups is 1. The van der Waals surface area contributed by atoms with Crippen LogP contribution in [0.15, 0.2) is 76.1 Å². The van der Waals surface area contributed by atoms with E-state index in [9.17, 15) is 28.9 Å². The maximum atomic E-state index is 13.3. The summed E-state index contributed by atoms with van der Waals surface area (Å²) < 4.78 is 19.6. The predicted octanol–water partition coefficient (Wildman–Crippen LogP) is 5.75. The van der Waals surface area contributed by atoms with Gasteiger partial charge in [0.15, 0.2) is 0 Å². The fraction of sp³-hybridized carbons (Fsp3) is 0.0800. The number of hydrogen-bond acceptors (Lipinski definition) is 7. The molecule has 1 N–H and O–H groups in total. The second-order valence-electron chi connectivity index (χ2n) is 7.73. The molecule has 1 fully saturated rings. The van der Waals surface area contributed by atoms with E-state index in [-0.39, 0.29) is 22.9 Å². The number of carbonyl (C=O) groups excluding carboxylic acids is 3. The summed E-state index contributed by atoms with van der Waals surface area (Å²) in [5.41, 5.74) is 1.41. The van der Waals surface area contributed by atoms with E-state index < -0.39 is 34.3 Å². The number of amides is 3. The number of halogens is 2. The van der Waals surface area contributed by atoms with E-state index in [0.717, 1.165) is 11.0 Å². The molecule has 3 aromatic rings. The molecule has 0 aliphatic carbocycles. The number of imide groups is 1. The molecule has 9 nitrogen and oxygen atoms in total. The van der Waals surface area contributed by atoms with Crippen molar-refractivity contribution in [3.8, 4) is 5.75 Å². The highest BCUT2D eigenvalue weighted by Gasteiger charge is 2.36. The lowest BCUT2D eigenvalue weighted by atomic mass is 10.2. The van der Waals surface area contributed by atoms with E-state index >= 15 is 0 Å². The molecule has 1 heterocycles. The van der Waals surface area contributed by atoms with Gasteiger partial charge in [-0.05, 0) is 75.2 Å². The minimum Gasteiger partial charge on any atom is -0.488 e. The van der Waals surface area contributed by atoms with Crippen molar-refractivity contribution in [2.75, 3.05) is 11.9 Å². The Morgan fingerprint density at radius 1 is 1.14 bits per heavy atom. The van der Waals surface area contributed by atoms with Crippen LogP contribution < -0.4 is 10.1 Å². The number of rotatable bonds is 8. The molecule has 12 heteroatoms. The molecule has 0 unspecified atom stereocenters. The molecule has 3 aromatic carbocycles. The second-order valence-corrected chi connectivity index (χ2v) is 9.58. The number of carbonyl (C=O) groups is 3. The van der Waals surface area contributed by atoms with Crippen LogP contribution in [0.1, 0.15) is 11.1 Å². The van der Waals surface area contributed by atoms with Crippen LogP contribution in [0.3, 0.4) is 0 Å². The third-order valence-electron chi connectivity index (χ3n) is 5.05. The summed E-state index contributed by atoms with van der Waals surface area (Å²) in [5, 5.41) is 12.8. The van der Waals surface area contributed by atoms with E-state index in [1.54, 1.807) is 30.3 Å². The summed E-state index contributed by atoms with van der Waals surface area (Å²) in [7, 11) is 0. The predicted molar refractivity (Wildman–Crippen MR) is 139 cm³/mol. The number of nitrogens with zero attached hydrogens (tertiary/aromatic N) is 2. The summed E-state index contributed by atoms with van der Waals surface area (Å²) in [4.78, 5) is 48.8. The van der Waals surface area contributed by atoms with Crippen LogP contribution in [-0.2, 0) is 16.2 Å². The lowest BCUT2D eigenvalue weighted by Crippen LogP contribution is -2.36. The van der Waals surface area contributed by atoms with Crippen molar-refractivity contribution in [1.82, 2.24) is 4.90 Å². The van der Waals surface area contributed by atoms with Crippen molar-refractivity contribution >= 4 is 62.2 Å². The quantitative estimate of drug-likeness (QED) is 0.203. The van der Waals surface area contributed by atoms with Crippen LogP contribution in [0.5, 0.6) is 5.75 Å². The second kappa shape index (κ2) is 11.4. The number of hydrogen-bond donors (Lipinski definition) is 1. The fourth-order valence-electron chi connectivity index (χ4n) is 3.34. The molecule has 1 saturated heterocycles. The Balaban J connectivity index is 1.39. The molecule has 0 aromatic heterocycles. The Labute approximate surface area is 222 Å². The zero-order valence-corrected chi connectivity index (χ0v) is 21.3. The highest BCUT2D eigenvalue weighted by atomic mass is 79.9. The molecule has 4 rings (SSSR count). The molecule has 3 amide bonds. The molecule has 1 aliphatic heterocycles. The van der Waals surface area contributed by atoms with Crippen molar-refractivity contribution in [2.45, 2.75) is 6.61 Å². The normalized spacial score (nSPS) is 14.2. The van der Waals surface area contributed by atoms with Crippen molar-refractivity contribution < 1.29 is 28.4 Å². The van der Waals surface area contributed by atoms with Gasteiger partial charge in [-0.15, -0.1) is 0 Å². The van der Waals surface area contributed by atoms with Crippen molar-refractivity contribution in [1.29, 1.82) is 0 Å². The van der Waals surface area contributed by atoms with Crippen LogP contribution in [0.4, 0.5) is 20.6 Å². The molecule has 0 atom stereocenters. The first kappa shape index (κ1) is 26.0. The van der Waals surface area contributed by atoms with Gasteiger partial charge in [-0.2, -0.15) is 0 Å². The maximum Gasteiger partial charge on any atom is 0.294 e. The van der Waals surface area contributed by atoms with E-state index in [1.165, 1.54) is 36.4 Å². The van der Waals surface area contributed by atoms with Gasteiger partial charge in [0.2, 0.25) is 5.91 Å². The van der Waals surface area contributed by atoms with Crippen molar-refractivity contribution in [2.24, 2.45) is 0 Å². The minimum atomic E-state index is -0.637. The summed E-state index contributed by atoms with van der Waals surface area (Å²) in [6, 6.07) is 16.4. The Morgan fingerprint density at radius 3 is 2.65 bits per heavy atom. The van der Waals surface area contributed by atoms with Gasteiger partial charge in [-0.3, -0.25) is 29.4 Å². The highest BCUT2D eigenvalue weighted by Crippen LogP contribution is 2.34. The Hall–Kier alpha value is -4.03. The molecule has 0 spiro atoms. The van der Waals surface area contributed by atoms with Gasteiger partial charge in [0.25, 0.3) is 16.8 Å². The number of benzene rings is 3. The van der Waals surface area contributed by atoms with Gasteiger partial charge < -0.3 is 10.1 Å². The first-order chi connectivity index (χ1) is 17.7. The lowest BCUT2D eigenvalue weighted by Gasteiger charge is -2.12. The number of nitrogens with one attached hydrogen (secondary N) is 1. The lowest BCUT2D eigenvalue weighted by molar-refractivity contribution is -0.384. The Morgan fingerprint density at radius 2 is 1.92 bits per heavy atom. The van der Waals surface area contributed by atoms with Crippen LogP contribution in [0.25, 0.3) is 6.08 Å². The molecule has 1 aliphatic rings. The van der Waals surface area contributed by atoms with Crippen LogP contribution in [-0.4, -0.2) is 33.4 Å². The molecular formula is C25H17BrFN3O6S. The van der Waals surface area contributed by atoms with E-state index in [2.05, 4.69) is 21.2 Å². The number of nitro benzene ring substituents is 1. The first-order valence-electron chi connectivity index (χ1n) is 10.7. The first-order valence-corrected chi connectivity index (χ1v) is 12.3. The van der Waals surface area contributed by atoms with E-state index in [0.29, 0.717) is 33.1 Å². The fourth-order valence-corrected chi connectivity index (χ4v) is 4.69. The van der Waals surface area contributed by atoms with Gasteiger partial charge >= 0.3 is 0 Å². The van der Waals surface area contributed by atoms with Crippen molar-refractivity contribution in [3.63, 3.8) is 0 Å². The minimum absolute atomic E-state index is 0.0316. The zero-order chi connectivity index (χ0) is 26.5. The van der Waals surface area contributed by atoms with Gasteiger partial charge in [-0.1, -0.05) is 24.3 Å². The van der Waals surface area contributed by atoms with Gasteiger partial charge in [0.1, 0.15) is 24.7 Å². The van der Waals surface area contributed by atoms with Crippen LogP contribution >= 0.6 is 27.7 Å². The number of thioether (sulfide) groups is 1. The summed E-state index contributed by atoms with van der Waals surface area (Å²) in [6.07, 6.45) is 1.52. The molecule has 188 valence electrons. The largest absolute Gasteiger partial charge is 0.488 e. The molecule has 37 heavy (non-hydrogen) atoms. The van der Waals surface area contributed by atoms with Gasteiger partial charge in [-0.25, -0.2) is 4.39 Å². The molecule has 0 bridgehead atoms. The molecule has 0 saturated carbocycles. The molecular weight excluding hydrogens is 569 g/mol. The molecule has 0 radical (unpaired) electrons. The van der Waals surface area contributed by atoms with Crippen molar-refractivity contribution in [3.05, 3.63) is 103 Å². The third kappa shape index (κ3) is 6.60.